The molecule has 3 aliphatic carbocycles. The molecule has 1 N–H and O–H groups in total. The molecule has 0 heterocycles. The van der Waals surface area contributed by atoms with E-state index in [4.69, 9.17) is 0 Å². The zero-order valence-electron chi connectivity index (χ0n) is 9.67. The number of hydrogen-bond acceptors (Lipinski definition) is 1. The summed E-state index contributed by atoms with van der Waals surface area (Å²) in [6.07, 6.45) is 15.6. The first-order chi connectivity index (χ1) is 8.27. The van der Waals surface area contributed by atoms with Crippen LogP contribution in [0.4, 0.5) is 0 Å². The van der Waals surface area contributed by atoms with Crippen molar-refractivity contribution >= 4 is 5.97 Å². The molecule has 0 bridgehead atoms. The van der Waals surface area contributed by atoms with Gasteiger partial charge in [0.1, 0.15) is 0 Å². The van der Waals surface area contributed by atoms with Crippen molar-refractivity contribution in [1.82, 2.24) is 0 Å². The van der Waals surface area contributed by atoms with Gasteiger partial charge in [0.25, 0.3) is 0 Å². The maximum Gasteiger partial charge on any atom is 0.310 e. The lowest BCUT2D eigenvalue weighted by molar-refractivity contribution is -0.141. The van der Waals surface area contributed by atoms with E-state index in [2.05, 4.69) is 36.5 Å². The van der Waals surface area contributed by atoms with Gasteiger partial charge in [0.05, 0.1) is 5.92 Å². The van der Waals surface area contributed by atoms with Gasteiger partial charge in [-0.25, -0.2) is 0 Å². The second-order valence-electron chi connectivity index (χ2n) is 5.03. The molecule has 0 spiro atoms. The molecule has 0 aliphatic heterocycles. The summed E-state index contributed by atoms with van der Waals surface area (Å²) in [6, 6.07) is 0. The van der Waals surface area contributed by atoms with Gasteiger partial charge < -0.3 is 5.11 Å². The van der Waals surface area contributed by atoms with Gasteiger partial charge >= 0.3 is 5.97 Å². The van der Waals surface area contributed by atoms with Gasteiger partial charge in [-0.1, -0.05) is 48.5 Å². The highest BCUT2D eigenvalue weighted by molar-refractivity contribution is 5.74. The van der Waals surface area contributed by atoms with Crippen molar-refractivity contribution in [2.24, 2.45) is 17.8 Å². The molecule has 88 valence electrons. The molecule has 17 heavy (non-hydrogen) atoms. The minimum absolute atomic E-state index is 0.258. The molecule has 3 unspecified atom stereocenters. The summed E-state index contributed by atoms with van der Waals surface area (Å²) in [6.45, 7) is 0. The minimum atomic E-state index is -0.659. The van der Waals surface area contributed by atoms with Crippen molar-refractivity contribution in [1.29, 1.82) is 0 Å². The van der Waals surface area contributed by atoms with Crippen molar-refractivity contribution in [3.63, 3.8) is 0 Å². The zero-order chi connectivity index (χ0) is 11.8. The molecule has 3 rings (SSSR count). The molecule has 1 fully saturated rings. The number of carbonyl (C=O) groups is 1. The number of hydrogen-bond donors (Lipinski definition) is 1. The highest BCUT2D eigenvalue weighted by Crippen LogP contribution is 2.45. The SMILES string of the molecule is O=C(O)C1CCCC2C1=CC=C1C=CC=CC12. The molecule has 3 aliphatic rings. The van der Waals surface area contributed by atoms with E-state index in [0.29, 0.717) is 11.8 Å². The fourth-order valence-corrected chi connectivity index (χ4v) is 3.32. The molecule has 2 nitrogen and oxygen atoms in total. The predicted octanol–water partition coefficient (Wildman–Crippen LogP) is 3.10. The summed E-state index contributed by atoms with van der Waals surface area (Å²) >= 11 is 0. The maximum absolute atomic E-state index is 11.3. The largest absolute Gasteiger partial charge is 0.481 e. The summed E-state index contributed by atoms with van der Waals surface area (Å²) in [5.74, 6) is -0.104. The lowest BCUT2D eigenvalue weighted by Gasteiger charge is -2.38. The van der Waals surface area contributed by atoms with Gasteiger partial charge in [0, 0.05) is 5.92 Å². The first kappa shape index (κ1) is 10.6. The molecule has 0 aromatic carbocycles. The Morgan fingerprint density at radius 1 is 1.24 bits per heavy atom. The quantitative estimate of drug-likeness (QED) is 0.748. The minimum Gasteiger partial charge on any atom is -0.481 e. The van der Waals surface area contributed by atoms with E-state index < -0.39 is 5.97 Å². The Hall–Kier alpha value is -1.57. The van der Waals surface area contributed by atoms with Crippen molar-refractivity contribution in [3.8, 4) is 0 Å². The second-order valence-corrected chi connectivity index (χ2v) is 5.03. The second kappa shape index (κ2) is 4.02. The van der Waals surface area contributed by atoms with Gasteiger partial charge in [-0.05, 0) is 24.3 Å². The lowest BCUT2D eigenvalue weighted by Crippen LogP contribution is -2.32. The summed E-state index contributed by atoms with van der Waals surface area (Å²) < 4.78 is 0. The van der Waals surface area contributed by atoms with Crippen LogP contribution in [0.5, 0.6) is 0 Å². The highest BCUT2D eigenvalue weighted by Gasteiger charge is 2.37. The van der Waals surface area contributed by atoms with Crippen molar-refractivity contribution in [2.45, 2.75) is 19.3 Å². The van der Waals surface area contributed by atoms with Crippen molar-refractivity contribution in [3.05, 3.63) is 47.6 Å². The first-order valence-electron chi connectivity index (χ1n) is 6.26. The van der Waals surface area contributed by atoms with Gasteiger partial charge in [-0.2, -0.15) is 0 Å². The summed E-state index contributed by atoms with van der Waals surface area (Å²) in [7, 11) is 0. The van der Waals surface area contributed by atoms with Crippen LogP contribution < -0.4 is 0 Å². The number of allylic oxidation sites excluding steroid dienone is 7. The molecule has 0 amide bonds. The smallest absolute Gasteiger partial charge is 0.310 e. The summed E-state index contributed by atoms with van der Waals surface area (Å²) in [5, 5.41) is 9.28. The third-order valence-electron chi connectivity index (χ3n) is 4.14. The molecule has 3 atom stereocenters. The van der Waals surface area contributed by atoms with E-state index in [1.807, 2.05) is 0 Å². The van der Waals surface area contributed by atoms with E-state index in [0.717, 1.165) is 24.8 Å². The monoisotopic (exact) mass is 228 g/mol. The number of fused-ring (bicyclic) bond motifs is 3. The molecule has 0 aromatic rings. The van der Waals surface area contributed by atoms with Crippen LogP contribution in [0.25, 0.3) is 0 Å². The first-order valence-corrected chi connectivity index (χ1v) is 6.26. The van der Waals surface area contributed by atoms with Crippen molar-refractivity contribution < 1.29 is 9.90 Å². The normalized spacial score (nSPS) is 34.5. The van der Waals surface area contributed by atoms with Crippen LogP contribution in [0.3, 0.4) is 0 Å². The van der Waals surface area contributed by atoms with Crippen LogP contribution >= 0.6 is 0 Å². The van der Waals surface area contributed by atoms with Crippen LogP contribution in [0.15, 0.2) is 47.6 Å². The van der Waals surface area contributed by atoms with Crippen LogP contribution in [0.2, 0.25) is 0 Å². The Morgan fingerprint density at radius 3 is 2.94 bits per heavy atom. The fraction of sp³-hybridized carbons (Fsp3) is 0.400. The third kappa shape index (κ3) is 1.68. The van der Waals surface area contributed by atoms with Gasteiger partial charge in [-0.3, -0.25) is 4.79 Å². The van der Waals surface area contributed by atoms with Gasteiger partial charge in [-0.15, -0.1) is 0 Å². The molecule has 0 radical (unpaired) electrons. The summed E-state index contributed by atoms with van der Waals surface area (Å²) in [5.41, 5.74) is 2.46. The average Bonchev–Trinajstić information content (AvgIpc) is 2.37. The fourth-order valence-electron chi connectivity index (χ4n) is 3.32. The topological polar surface area (TPSA) is 37.3 Å². The standard InChI is InChI=1S/C15H16O2/c16-15(17)14-7-3-6-12-11-5-2-1-4-10(11)8-9-13(12)14/h1-2,4-5,8-9,11-12,14H,3,6-7H2,(H,16,17). The average molecular weight is 228 g/mol. The molecule has 1 saturated carbocycles. The Kier molecular flexibility index (Phi) is 2.50. The Bertz CT molecular complexity index is 465. The van der Waals surface area contributed by atoms with Crippen LogP contribution in [0, 0.1) is 17.8 Å². The predicted molar refractivity (Wildman–Crippen MR) is 66.4 cm³/mol. The van der Waals surface area contributed by atoms with Crippen molar-refractivity contribution in [2.75, 3.05) is 0 Å². The van der Waals surface area contributed by atoms with E-state index in [1.165, 1.54) is 5.57 Å². The van der Waals surface area contributed by atoms with Crippen LogP contribution in [0.1, 0.15) is 19.3 Å². The van der Waals surface area contributed by atoms with Gasteiger partial charge in [0.15, 0.2) is 0 Å². The molecule has 0 saturated heterocycles. The Labute approximate surface area is 101 Å². The van der Waals surface area contributed by atoms with E-state index in [1.54, 1.807) is 0 Å². The van der Waals surface area contributed by atoms with Gasteiger partial charge in [0.2, 0.25) is 0 Å². The number of carboxylic acids is 1. The molecular formula is C15H16O2. The highest BCUT2D eigenvalue weighted by atomic mass is 16.4. The van der Waals surface area contributed by atoms with E-state index in [-0.39, 0.29) is 5.92 Å². The lowest BCUT2D eigenvalue weighted by atomic mass is 9.66. The number of aliphatic carboxylic acids is 1. The maximum atomic E-state index is 11.3. The molecule has 2 heteroatoms. The van der Waals surface area contributed by atoms with E-state index in [9.17, 15) is 9.90 Å². The van der Waals surface area contributed by atoms with E-state index >= 15 is 0 Å². The number of carboxylic acid groups (broad SMARTS) is 1. The van der Waals surface area contributed by atoms with Crippen LogP contribution in [-0.4, -0.2) is 11.1 Å². The zero-order valence-corrected chi connectivity index (χ0v) is 9.67. The summed E-state index contributed by atoms with van der Waals surface area (Å²) in [4.78, 5) is 11.3. The Morgan fingerprint density at radius 2 is 2.12 bits per heavy atom. The third-order valence-corrected chi connectivity index (χ3v) is 4.14. The number of rotatable bonds is 1. The molecular weight excluding hydrogens is 212 g/mol. The van der Waals surface area contributed by atoms with Crippen LogP contribution in [-0.2, 0) is 4.79 Å². The molecule has 0 aromatic heterocycles. The Balaban J connectivity index is 1.99.